The molecule has 0 radical (unpaired) electrons. The molecule has 19 heavy (non-hydrogen) atoms. The fraction of sp³-hybridized carbons (Fsp3) is 0.625. The number of rotatable bonds is 2. The lowest BCUT2D eigenvalue weighted by Gasteiger charge is -2.47. The molecular weight excluding hydrogens is 256 g/mol. The van der Waals surface area contributed by atoms with E-state index in [1.165, 1.54) is 37.8 Å². The fourth-order valence-electron chi connectivity index (χ4n) is 3.66. The predicted molar refractivity (Wildman–Crippen MR) is 82.1 cm³/mol. The van der Waals surface area contributed by atoms with Gasteiger partial charge in [0.2, 0.25) is 0 Å². The molecule has 2 nitrogen and oxygen atoms in total. The van der Waals surface area contributed by atoms with Crippen molar-refractivity contribution in [3.8, 4) is 0 Å². The van der Waals surface area contributed by atoms with Crippen molar-refractivity contribution in [3.05, 3.63) is 29.3 Å². The molecule has 0 bridgehead atoms. The van der Waals surface area contributed by atoms with E-state index in [1.807, 2.05) is 6.07 Å². The van der Waals surface area contributed by atoms with Crippen LogP contribution >= 0.6 is 11.6 Å². The number of nitrogens with one attached hydrogen (secondary N) is 1. The van der Waals surface area contributed by atoms with Crippen LogP contribution in [-0.4, -0.2) is 24.7 Å². The molecule has 1 saturated carbocycles. The summed E-state index contributed by atoms with van der Waals surface area (Å²) in [5.41, 5.74) is 1.64. The average molecular weight is 279 g/mol. The minimum Gasteiger partial charge on any atom is -0.365 e. The van der Waals surface area contributed by atoms with E-state index in [4.69, 9.17) is 11.6 Å². The first-order valence-corrected chi connectivity index (χ1v) is 7.87. The molecule has 1 spiro atoms. The highest BCUT2D eigenvalue weighted by atomic mass is 35.5. The Labute approximate surface area is 121 Å². The summed E-state index contributed by atoms with van der Waals surface area (Å²) in [5, 5.41) is 4.67. The van der Waals surface area contributed by atoms with Crippen molar-refractivity contribution in [1.82, 2.24) is 5.32 Å². The van der Waals surface area contributed by atoms with Crippen LogP contribution in [0.2, 0.25) is 5.02 Å². The lowest BCUT2D eigenvalue weighted by molar-refractivity contribution is 0.267. The van der Waals surface area contributed by atoms with E-state index in [2.05, 4.69) is 35.3 Å². The Morgan fingerprint density at radius 3 is 2.84 bits per heavy atom. The molecule has 0 amide bonds. The maximum absolute atomic E-state index is 6.16. The van der Waals surface area contributed by atoms with Gasteiger partial charge in [-0.05, 0) is 37.5 Å². The Bertz CT molecular complexity index is 440. The molecule has 1 unspecified atom stereocenters. The van der Waals surface area contributed by atoms with Crippen LogP contribution in [0.15, 0.2) is 24.3 Å². The van der Waals surface area contributed by atoms with Gasteiger partial charge in [0.05, 0.1) is 0 Å². The van der Waals surface area contributed by atoms with E-state index >= 15 is 0 Å². The second-order valence-corrected chi connectivity index (χ2v) is 6.47. The molecule has 2 fully saturated rings. The van der Waals surface area contributed by atoms with E-state index in [0.717, 1.165) is 18.1 Å². The highest BCUT2D eigenvalue weighted by Crippen LogP contribution is 2.36. The summed E-state index contributed by atoms with van der Waals surface area (Å²) < 4.78 is 0. The van der Waals surface area contributed by atoms with Gasteiger partial charge in [0.25, 0.3) is 0 Å². The molecule has 3 rings (SSSR count). The van der Waals surface area contributed by atoms with E-state index in [-0.39, 0.29) is 0 Å². The SMILES string of the molecule is CCC1CNC2(CCCC2)CN1c1cccc(Cl)c1. The zero-order chi connectivity index (χ0) is 13.3. The van der Waals surface area contributed by atoms with Gasteiger partial charge in [0, 0.05) is 35.4 Å². The molecule has 3 heteroatoms. The minimum absolute atomic E-state index is 0.355. The largest absolute Gasteiger partial charge is 0.365 e. The van der Waals surface area contributed by atoms with Crippen LogP contribution in [-0.2, 0) is 0 Å². The van der Waals surface area contributed by atoms with Crippen LogP contribution in [0.5, 0.6) is 0 Å². The van der Waals surface area contributed by atoms with Crippen molar-refractivity contribution in [1.29, 1.82) is 0 Å². The summed E-state index contributed by atoms with van der Waals surface area (Å²) in [4.78, 5) is 2.58. The summed E-state index contributed by atoms with van der Waals surface area (Å²) in [6.45, 7) is 4.51. The predicted octanol–water partition coefficient (Wildman–Crippen LogP) is 3.84. The summed E-state index contributed by atoms with van der Waals surface area (Å²) in [7, 11) is 0. The first-order chi connectivity index (χ1) is 9.22. The highest BCUT2D eigenvalue weighted by molar-refractivity contribution is 6.30. The Morgan fingerprint density at radius 1 is 1.37 bits per heavy atom. The van der Waals surface area contributed by atoms with Crippen molar-refractivity contribution < 1.29 is 0 Å². The summed E-state index contributed by atoms with van der Waals surface area (Å²) >= 11 is 6.16. The first kappa shape index (κ1) is 13.3. The molecule has 1 aromatic carbocycles. The third-order valence-corrected chi connectivity index (χ3v) is 5.03. The Morgan fingerprint density at radius 2 is 2.16 bits per heavy atom. The zero-order valence-corrected chi connectivity index (χ0v) is 12.4. The second-order valence-electron chi connectivity index (χ2n) is 6.04. The number of halogens is 1. The summed E-state index contributed by atoms with van der Waals surface area (Å²) in [5.74, 6) is 0. The number of piperazine rings is 1. The van der Waals surface area contributed by atoms with Crippen molar-refractivity contribution in [2.24, 2.45) is 0 Å². The zero-order valence-electron chi connectivity index (χ0n) is 11.7. The monoisotopic (exact) mass is 278 g/mol. The molecule has 104 valence electrons. The molecule has 2 aliphatic rings. The molecule has 1 heterocycles. The Hall–Kier alpha value is -0.730. The fourth-order valence-corrected chi connectivity index (χ4v) is 3.85. The quantitative estimate of drug-likeness (QED) is 0.884. The van der Waals surface area contributed by atoms with Gasteiger partial charge < -0.3 is 10.2 Å². The number of hydrogen-bond donors (Lipinski definition) is 1. The third kappa shape index (κ3) is 2.61. The van der Waals surface area contributed by atoms with E-state index in [1.54, 1.807) is 0 Å². The Balaban J connectivity index is 1.86. The lowest BCUT2D eigenvalue weighted by Crippen LogP contribution is -2.63. The number of anilines is 1. The average Bonchev–Trinajstić information content (AvgIpc) is 2.87. The van der Waals surface area contributed by atoms with Gasteiger partial charge in [-0.25, -0.2) is 0 Å². The third-order valence-electron chi connectivity index (χ3n) is 4.80. The molecule has 1 N–H and O–H groups in total. The highest BCUT2D eigenvalue weighted by Gasteiger charge is 2.40. The molecule has 1 aliphatic carbocycles. The maximum atomic E-state index is 6.16. The molecular formula is C16H23ClN2. The van der Waals surface area contributed by atoms with Crippen LogP contribution in [0.3, 0.4) is 0 Å². The van der Waals surface area contributed by atoms with Crippen molar-refractivity contribution in [2.45, 2.75) is 50.6 Å². The first-order valence-electron chi connectivity index (χ1n) is 7.50. The Kier molecular flexibility index (Phi) is 3.72. The molecule has 1 atom stereocenters. The van der Waals surface area contributed by atoms with Gasteiger partial charge in [-0.1, -0.05) is 37.4 Å². The van der Waals surface area contributed by atoms with Crippen molar-refractivity contribution >= 4 is 17.3 Å². The van der Waals surface area contributed by atoms with Gasteiger partial charge in [-0.3, -0.25) is 0 Å². The van der Waals surface area contributed by atoms with Gasteiger partial charge >= 0.3 is 0 Å². The molecule has 1 saturated heterocycles. The smallest absolute Gasteiger partial charge is 0.0426 e. The molecule has 1 aliphatic heterocycles. The number of nitrogens with zero attached hydrogens (tertiary/aromatic N) is 1. The van der Waals surface area contributed by atoms with E-state index in [0.29, 0.717) is 11.6 Å². The molecule has 1 aromatic rings. The topological polar surface area (TPSA) is 15.3 Å². The van der Waals surface area contributed by atoms with E-state index < -0.39 is 0 Å². The second kappa shape index (κ2) is 5.34. The van der Waals surface area contributed by atoms with Gasteiger partial charge in [-0.2, -0.15) is 0 Å². The number of benzene rings is 1. The normalized spacial score (nSPS) is 26.0. The van der Waals surface area contributed by atoms with Gasteiger partial charge in [0.1, 0.15) is 0 Å². The van der Waals surface area contributed by atoms with Crippen molar-refractivity contribution in [3.63, 3.8) is 0 Å². The number of hydrogen-bond acceptors (Lipinski definition) is 2. The summed E-state index contributed by atoms with van der Waals surface area (Å²) in [6.07, 6.45) is 6.55. The molecule has 0 aromatic heterocycles. The van der Waals surface area contributed by atoms with Gasteiger partial charge in [0.15, 0.2) is 0 Å². The standard InChI is InChI=1S/C16H23ClN2/c1-2-14-11-18-16(8-3-4-9-16)12-19(14)15-7-5-6-13(17)10-15/h5-7,10,14,18H,2-4,8-9,11-12H2,1H3. The minimum atomic E-state index is 0.355. The van der Waals surface area contributed by atoms with E-state index in [9.17, 15) is 0 Å². The van der Waals surface area contributed by atoms with Crippen LogP contribution in [0, 0.1) is 0 Å². The van der Waals surface area contributed by atoms with Crippen LogP contribution in [0.4, 0.5) is 5.69 Å². The van der Waals surface area contributed by atoms with Crippen LogP contribution in [0.25, 0.3) is 0 Å². The van der Waals surface area contributed by atoms with Gasteiger partial charge in [-0.15, -0.1) is 0 Å². The summed E-state index contributed by atoms with van der Waals surface area (Å²) in [6, 6.07) is 8.92. The lowest BCUT2D eigenvalue weighted by atomic mass is 9.91. The van der Waals surface area contributed by atoms with Crippen LogP contribution in [0.1, 0.15) is 39.0 Å². The maximum Gasteiger partial charge on any atom is 0.0426 e. The van der Waals surface area contributed by atoms with Crippen LogP contribution < -0.4 is 10.2 Å². The van der Waals surface area contributed by atoms with Crippen molar-refractivity contribution in [2.75, 3.05) is 18.0 Å².